The molecule has 1 aliphatic heterocycles. The van der Waals surface area contributed by atoms with Gasteiger partial charge in [0.2, 0.25) is 0 Å². The normalized spacial score (nSPS) is 14.7. The molecule has 4 rings (SSSR count). The molecule has 0 bridgehead atoms. The summed E-state index contributed by atoms with van der Waals surface area (Å²) in [6.45, 7) is 8.93. The van der Waals surface area contributed by atoms with Crippen molar-refractivity contribution in [2.75, 3.05) is 44.2 Å². The molecule has 1 aromatic heterocycles. The van der Waals surface area contributed by atoms with Crippen LogP contribution in [0.3, 0.4) is 0 Å². The fourth-order valence-electron chi connectivity index (χ4n) is 3.76. The number of thiazole rings is 1. The Kier molecular flexibility index (Phi) is 6.63. The van der Waals surface area contributed by atoms with Crippen LogP contribution in [0.1, 0.15) is 40.1 Å². The average molecular weight is 437 g/mol. The van der Waals surface area contributed by atoms with Crippen molar-refractivity contribution in [1.29, 1.82) is 0 Å². The van der Waals surface area contributed by atoms with Gasteiger partial charge in [0.25, 0.3) is 5.91 Å². The van der Waals surface area contributed by atoms with Crippen LogP contribution < -0.4 is 10.2 Å². The second-order valence-corrected chi connectivity index (χ2v) is 8.88. The topological polar surface area (TPSA) is 65.5 Å². The Morgan fingerprint density at radius 2 is 1.74 bits per heavy atom. The van der Waals surface area contributed by atoms with E-state index in [0.29, 0.717) is 17.7 Å². The Balaban J connectivity index is 1.24. The largest absolute Gasteiger partial charge is 0.351 e. The number of ketones is 1. The van der Waals surface area contributed by atoms with Crippen LogP contribution in [0.15, 0.2) is 42.5 Å². The Labute approximate surface area is 186 Å². The van der Waals surface area contributed by atoms with Crippen molar-refractivity contribution in [3.8, 4) is 0 Å². The van der Waals surface area contributed by atoms with Gasteiger partial charge in [0, 0.05) is 50.4 Å². The lowest BCUT2D eigenvalue weighted by molar-refractivity contribution is 0.0945. The van der Waals surface area contributed by atoms with E-state index < -0.39 is 0 Å². The maximum absolute atomic E-state index is 12.3. The fraction of sp³-hybridized carbons (Fsp3) is 0.375. The Morgan fingerprint density at radius 1 is 1.03 bits per heavy atom. The van der Waals surface area contributed by atoms with Crippen LogP contribution in [0, 0.1) is 0 Å². The van der Waals surface area contributed by atoms with Gasteiger partial charge in [0.05, 0.1) is 10.2 Å². The van der Waals surface area contributed by atoms with Gasteiger partial charge in [-0.05, 0) is 43.2 Å². The highest BCUT2D eigenvalue weighted by Gasteiger charge is 2.20. The molecule has 2 heterocycles. The third kappa shape index (κ3) is 5.11. The van der Waals surface area contributed by atoms with E-state index >= 15 is 0 Å². The number of aryl methyl sites for hydroxylation is 1. The summed E-state index contributed by atoms with van der Waals surface area (Å²) in [5.74, 6) is -0.0997. The van der Waals surface area contributed by atoms with E-state index in [9.17, 15) is 9.59 Å². The first-order valence-electron chi connectivity index (χ1n) is 10.8. The predicted octanol–water partition coefficient (Wildman–Crippen LogP) is 3.61. The molecular formula is C24H28N4O2S. The zero-order valence-electron chi connectivity index (χ0n) is 18.1. The highest BCUT2D eigenvalue weighted by atomic mass is 32.1. The van der Waals surface area contributed by atoms with E-state index in [1.165, 1.54) is 17.2 Å². The first-order chi connectivity index (χ1) is 15.0. The highest BCUT2D eigenvalue weighted by molar-refractivity contribution is 7.22. The molecular weight excluding hydrogens is 408 g/mol. The number of aromatic nitrogens is 1. The number of fused-ring (bicyclic) bond motifs is 1. The number of hydrogen-bond donors (Lipinski definition) is 1. The third-order valence-corrected chi connectivity index (χ3v) is 6.84. The van der Waals surface area contributed by atoms with Gasteiger partial charge in [-0.2, -0.15) is 0 Å². The van der Waals surface area contributed by atoms with Gasteiger partial charge in [-0.3, -0.25) is 14.5 Å². The van der Waals surface area contributed by atoms with E-state index in [-0.39, 0.29) is 11.7 Å². The molecule has 1 aliphatic rings. The minimum Gasteiger partial charge on any atom is -0.351 e. The molecule has 162 valence electrons. The summed E-state index contributed by atoms with van der Waals surface area (Å²) in [5.41, 5.74) is 3.63. The number of carbonyl (C=O) groups excluding carboxylic acids is 2. The van der Waals surface area contributed by atoms with Gasteiger partial charge in [-0.15, -0.1) is 0 Å². The molecule has 31 heavy (non-hydrogen) atoms. The standard InChI is InChI=1S/C24H28N4O2S/c1-3-18-4-9-21-22(16-18)31-24(26-21)28-14-12-27(13-15-28)11-10-25-23(30)20-7-5-19(6-8-20)17(2)29/h4-9,16H,3,10-15H2,1-2H3,(H,25,30). The van der Waals surface area contributed by atoms with Crippen LogP contribution in [0.5, 0.6) is 0 Å². The number of hydrogen-bond acceptors (Lipinski definition) is 6. The maximum Gasteiger partial charge on any atom is 0.251 e. The monoisotopic (exact) mass is 436 g/mol. The molecule has 0 aliphatic carbocycles. The zero-order chi connectivity index (χ0) is 21.8. The number of benzene rings is 2. The number of amides is 1. The molecule has 2 aromatic carbocycles. The highest BCUT2D eigenvalue weighted by Crippen LogP contribution is 2.30. The van der Waals surface area contributed by atoms with Crippen LogP contribution in [0.2, 0.25) is 0 Å². The second kappa shape index (κ2) is 9.58. The lowest BCUT2D eigenvalue weighted by atomic mass is 10.1. The lowest BCUT2D eigenvalue weighted by Crippen LogP contribution is -2.48. The lowest BCUT2D eigenvalue weighted by Gasteiger charge is -2.34. The molecule has 6 nitrogen and oxygen atoms in total. The Morgan fingerprint density at radius 3 is 2.42 bits per heavy atom. The molecule has 1 amide bonds. The Hall–Kier alpha value is -2.77. The zero-order valence-corrected chi connectivity index (χ0v) is 18.9. The summed E-state index contributed by atoms with van der Waals surface area (Å²) in [5, 5.41) is 4.08. The van der Waals surface area contributed by atoms with E-state index in [1.807, 2.05) is 0 Å². The number of rotatable bonds is 7. The number of nitrogens with zero attached hydrogens (tertiary/aromatic N) is 3. The molecule has 0 atom stereocenters. The van der Waals surface area contributed by atoms with Crippen LogP contribution in [0.25, 0.3) is 10.2 Å². The first kappa shape index (κ1) is 21.5. The quantitative estimate of drug-likeness (QED) is 0.573. The number of Topliss-reactive ketones (excluding diaryl/α,β-unsaturated/α-hetero) is 1. The smallest absolute Gasteiger partial charge is 0.251 e. The van der Waals surface area contributed by atoms with E-state index in [0.717, 1.165) is 49.8 Å². The number of piperazine rings is 1. The fourth-order valence-corrected chi connectivity index (χ4v) is 4.84. The van der Waals surface area contributed by atoms with Gasteiger partial charge < -0.3 is 10.2 Å². The summed E-state index contributed by atoms with van der Waals surface area (Å²) in [4.78, 5) is 33.2. The maximum atomic E-state index is 12.3. The van der Waals surface area contributed by atoms with Crippen LogP contribution in [0.4, 0.5) is 5.13 Å². The molecule has 0 radical (unpaired) electrons. The Bertz CT molecular complexity index is 1070. The number of nitrogens with one attached hydrogen (secondary N) is 1. The molecule has 1 fully saturated rings. The number of carbonyl (C=O) groups is 2. The van der Waals surface area contributed by atoms with Crippen molar-refractivity contribution >= 4 is 38.4 Å². The van der Waals surface area contributed by atoms with Gasteiger partial charge in [-0.25, -0.2) is 4.98 Å². The van der Waals surface area contributed by atoms with Crippen LogP contribution in [-0.2, 0) is 6.42 Å². The molecule has 0 unspecified atom stereocenters. The van der Waals surface area contributed by atoms with Gasteiger partial charge in [0.1, 0.15) is 0 Å². The van der Waals surface area contributed by atoms with E-state index in [2.05, 4.69) is 40.2 Å². The second-order valence-electron chi connectivity index (χ2n) is 7.87. The van der Waals surface area contributed by atoms with Gasteiger partial charge in [0.15, 0.2) is 10.9 Å². The molecule has 1 saturated heterocycles. The summed E-state index contributed by atoms with van der Waals surface area (Å²) in [6.07, 6.45) is 1.04. The van der Waals surface area contributed by atoms with Crippen molar-refractivity contribution in [1.82, 2.24) is 15.2 Å². The van der Waals surface area contributed by atoms with Crippen LogP contribution in [-0.4, -0.2) is 60.8 Å². The van der Waals surface area contributed by atoms with Gasteiger partial charge in [-0.1, -0.05) is 36.5 Å². The summed E-state index contributed by atoms with van der Waals surface area (Å²) < 4.78 is 1.26. The van der Waals surface area contributed by atoms with Crippen molar-refractivity contribution in [2.24, 2.45) is 0 Å². The van der Waals surface area contributed by atoms with Crippen molar-refractivity contribution in [3.05, 3.63) is 59.2 Å². The minimum atomic E-state index is -0.102. The summed E-state index contributed by atoms with van der Waals surface area (Å²) in [6, 6.07) is 13.3. The van der Waals surface area contributed by atoms with Gasteiger partial charge >= 0.3 is 0 Å². The average Bonchev–Trinajstić information content (AvgIpc) is 3.22. The van der Waals surface area contributed by atoms with Crippen LogP contribution >= 0.6 is 11.3 Å². The SMILES string of the molecule is CCc1ccc2nc(N3CCN(CCNC(=O)c4ccc(C(C)=O)cc4)CC3)sc2c1. The van der Waals surface area contributed by atoms with Crippen molar-refractivity contribution < 1.29 is 9.59 Å². The minimum absolute atomic E-state index is 0.00246. The number of anilines is 1. The van der Waals surface area contributed by atoms with Crippen molar-refractivity contribution in [3.63, 3.8) is 0 Å². The van der Waals surface area contributed by atoms with E-state index in [4.69, 9.17) is 4.98 Å². The predicted molar refractivity (Wildman–Crippen MR) is 126 cm³/mol. The molecule has 1 N–H and O–H groups in total. The summed E-state index contributed by atoms with van der Waals surface area (Å²) >= 11 is 1.77. The molecule has 0 spiro atoms. The van der Waals surface area contributed by atoms with Crippen molar-refractivity contribution in [2.45, 2.75) is 20.3 Å². The summed E-state index contributed by atoms with van der Waals surface area (Å²) in [7, 11) is 0. The molecule has 7 heteroatoms. The molecule has 0 saturated carbocycles. The molecule has 3 aromatic rings. The third-order valence-electron chi connectivity index (χ3n) is 5.76. The first-order valence-corrected chi connectivity index (χ1v) is 11.6. The van der Waals surface area contributed by atoms with E-state index in [1.54, 1.807) is 35.6 Å².